The van der Waals surface area contributed by atoms with Crippen molar-refractivity contribution >= 4 is 29.9 Å². The van der Waals surface area contributed by atoms with Crippen molar-refractivity contribution in [2.24, 2.45) is 0 Å². The highest BCUT2D eigenvalue weighted by atomic mass is 16.5. The lowest BCUT2D eigenvalue weighted by Crippen LogP contribution is -2.53. The lowest BCUT2D eigenvalue weighted by molar-refractivity contribution is -0.138. The first-order chi connectivity index (χ1) is 12.9. The summed E-state index contributed by atoms with van der Waals surface area (Å²) < 4.78 is 4.96. The summed E-state index contributed by atoms with van der Waals surface area (Å²) in [5.74, 6) is -0.351. The van der Waals surface area contributed by atoms with Crippen LogP contribution >= 0.6 is 0 Å². The number of benzene rings is 1. The molecule has 2 heterocycles. The van der Waals surface area contributed by atoms with Crippen LogP contribution in [0.2, 0.25) is 0 Å². The summed E-state index contributed by atoms with van der Waals surface area (Å²) in [5.41, 5.74) is 2.10. The van der Waals surface area contributed by atoms with E-state index < -0.39 is 6.09 Å². The van der Waals surface area contributed by atoms with E-state index >= 15 is 0 Å². The number of esters is 1. The minimum absolute atomic E-state index is 0.101. The Morgan fingerprint density at radius 1 is 1.22 bits per heavy atom. The average molecular weight is 373 g/mol. The van der Waals surface area contributed by atoms with Gasteiger partial charge in [0.05, 0.1) is 12.6 Å². The third-order valence-corrected chi connectivity index (χ3v) is 4.81. The van der Waals surface area contributed by atoms with E-state index in [1.54, 1.807) is 29.7 Å². The molecule has 3 amide bonds. The van der Waals surface area contributed by atoms with Gasteiger partial charge in [0.1, 0.15) is 0 Å². The summed E-state index contributed by atoms with van der Waals surface area (Å²) in [6, 6.07) is 7.10. The number of carbonyl (C=O) groups is 3. The van der Waals surface area contributed by atoms with E-state index in [0.717, 1.165) is 11.3 Å². The minimum Gasteiger partial charge on any atom is -0.465 e. The predicted molar refractivity (Wildman–Crippen MR) is 99.6 cm³/mol. The zero-order valence-electron chi connectivity index (χ0n) is 15.4. The van der Waals surface area contributed by atoms with Gasteiger partial charge in [-0.1, -0.05) is 12.1 Å². The molecule has 0 radical (unpaired) electrons. The van der Waals surface area contributed by atoms with Crippen LogP contribution in [0.3, 0.4) is 0 Å². The van der Waals surface area contributed by atoms with Gasteiger partial charge in [0.25, 0.3) is 0 Å². The van der Waals surface area contributed by atoms with Crippen LogP contribution in [-0.4, -0.2) is 71.8 Å². The van der Waals surface area contributed by atoms with Gasteiger partial charge in [-0.05, 0) is 37.6 Å². The second-order valence-electron chi connectivity index (χ2n) is 6.61. The van der Waals surface area contributed by atoms with E-state index in [2.05, 4.69) is 0 Å². The van der Waals surface area contributed by atoms with Crippen LogP contribution in [0.4, 0.5) is 15.3 Å². The first-order valence-corrected chi connectivity index (χ1v) is 8.92. The van der Waals surface area contributed by atoms with Crippen LogP contribution in [0.25, 0.3) is 6.08 Å². The Morgan fingerprint density at radius 3 is 2.56 bits per heavy atom. The van der Waals surface area contributed by atoms with Crippen molar-refractivity contribution in [2.75, 3.05) is 37.7 Å². The molecule has 2 saturated heterocycles. The van der Waals surface area contributed by atoms with Crippen LogP contribution in [0.1, 0.15) is 19.4 Å². The number of nitrogens with zero attached hydrogens (tertiary/aromatic N) is 3. The van der Waals surface area contributed by atoms with E-state index in [0.29, 0.717) is 38.4 Å². The van der Waals surface area contributed by atoms with Crippen molar-refractivity contribution in [3.63, 3.8) is 0 Å². The first-order valence-electron chi connectivity index (χ1n) is 8.92. The molecule has 1 aromatic carbocycles. The van der Waals surface area contributed by atoms with Gasteiger partial charge in [0.15, 0.2) is 0 Å². The highest BCUT2D eigenvalue weighted by molar-refractivity contribution is 5.95. The monoisotopic (exact) mass is 373 g/mol. The molecule has 0 spiro atoms. The Kier molecular flexibility index (Phi) is 5.34. The van der Waals surface area contributed by atoms with Gasteiger partial charge in [0, 0.05) is 37.4 Å². The number of anilines is 1. The molecular formula is C19H23N3O5. The Bertz CT molecular complexity index is 774. The molecule has 27 heavy (non-hydrogen) atoms. The minimum atomic E-state index is -0.950. The van der Waals surface area contributed by atoms with Gasteiger partial charge in [-0.15, -0.1) is 0 Å². The summed E-state index contributed by atoms with van der Waals surface area (Å²) in [6.45, 7) is 5.32. The maximum atomic E-state index is 12.7. The van der Waals surface area contributed by atoms with Crippen LogP contribution < -0.4 is 4.90 Å². The molecule has 3 rings (SSSR count). The van der Waals surface area contributed by atoms with E-state index in [-0.39, 0.29) is 18.0 Å². The highest BCUT2D eigenvalue weighted by Gasteiger charge is 2.42. The molecule has 2 aliphatic rings. The van der Waals surface area contributed by atoms with E-state index in [4.69, 9.17) is 9.84 Å². The lowest BCUT2D eigenvalue weighted by Gasteiger charge is -2.34. The summed E-state index contributed by atoms with van der Waals surface area (Å²) >= 11 is 0. The quantitative estimate of drug-likeness (QED) is 0.646. The molecule has 8 heteroatoms. The molecular weight excluding hydrogens is 350 g/mol. The fourth-order valence-electron chi connectivity index (χ4n) is 3.40. The molecule has 0 aliphatic carbocycles. The predicted octanol–water partition coefficient (Wildman–Crippen LogP) is 2.26. The fourth-order valence-corrected chi connectivity index (χ4v) is 3.40. The largest absolute Gasteiger partial charge is 0.465 e. The normalized spacial score (nSPS) is 19.9. The SMILES string of the molecule is CCOC(=O)C(C)=Cc1ccc(N2CC3CN(C(=O)O)CCN3C2=O)cc1. The van der Waals surface area contributed by atoms with Gasteiger partial charge >= 0.3 is 18.1 Å². The standard InChI is InChI=1S/C19H23N3O5/c1-3-27-17(23)13(2)10-14-4-6-15(7-5-14)22-12-16-11-20(19(25)26)8-9-21(16)18(22)24/h4-7,10,16H,3,8-9,11-12H2,1-2H3,(H,25,26). The smallest absolute Gasteiger partial charge is 0.407 e. The summed E-state index contributed by atoms with van der Waals surface area (Å²) in [5, 5.41) is 9.15. The molecule has 8 nitrogen and oxygen atoms in total. The molecule has 2 aliphatic heterocycles. The van der Waals surface area contributed by atoms with Gasteiger partial charge in [-0.25, -0.2) is 14.4 Å². The van der Waals surface area contributed by atoms with Crippen LogP contribution in [0.5, 0.6) is 0 Å². The van der Waals surface area contributed by atoms with Crippen molar-refractivity contribution < 1.29 is 24.2 Å². The number of hydrogen-bond acceptors (Lipinski definition) is 4. The van der Waals surface area contributed by atoms with Crippen LogP contribution in [-0.2, 0) is 9.53 Å². The number of urea groups is 1. The topological polar surface area (TPSA) is 90.4 Å². The van der Waals surface area contributed by atoms with Gasteiger partial charge < -0.3 is 19.6 Å². The van der Waals surface area contributed by atoms with E-state index in [1.807, 2.05) is 24.3 Å². The number of rotatable bonds is 4. The number of carboxylic acid groups (broad SMARTS) is 1. The van der Waals surface area contributed by atoms with E-state index in [1.165, 1.54) is 4.90 Å². The second kappa shape index (κ2) is 7.69. The number of amides is 3. The van der Waals surface area contributed by atoms with Crippen molar-refractivity contribution in [3.05, 3.63) is 35.4 Å². The first kappa shape index (κ1) is 18.8. The maximum absolute atomic E-state index is 12.7. The molecule has 1 unspecified atom stereocenters. The van der Waals surface area contributed by atoms with E-state index in [9.17, 15) is 14.4 Å². The molecule has 144 valence electrons. The average Bonchev–Trinajstić information content (AvgIpc) is 2.98. The molecule has 0 aromatic heterocycles. The van der Waals surface area contributed by atoms with Gasteiger partial charge in [-0.2, -0.15) is 0 Å². The van der Waals surface area contributed by atoms with Crippen molar-refractivity contribution in [1.82, 2.24) is 9.80 Å². The van der Waals surface area contributed by atoms with Crippen LogP contribution in [0, 0.1) is 0 Å². The number of carbonyl (C=O) groups excluding carboxylic acids is 2. The number of piperazine rings is 1. The summed E-state index contributed by atoms with van der Waals surface area (Å²) in [6.07, 6.45) is 0.787. The summed E-state index contributed by atoms with van der Waals surface area (Å²) in [7, 11) is 0. The van der Waals surface area contributed by atoms with Crippen molar-refractivity contribution in [3.8, 4) is 0 Å². The Balaban J connectivity index is 1.71. The Labute approximate surface area is 157 Å². The van der Waals surface area contributed by atoms with Gasteiger partial charge in [-0.3, -0.25) is 4.90 Å². The zero-order chi connectivity index (χ0) is 19.6. The Morgan fingerprint density at radius 2 is 1.93 bits per heavy atom. The molecule has 1 aromatic rings. The van der Waals surface area contributed by atoms with Crippen molar-refractivity contribution in [1.29, 1.82) is 0 Å². The number of hydrogen-bond donors (Lipinski definition) is 1. The lowest BCUT2D eigenvalue weighted by atomic mass is 10.1. The third kappa shape index (κ3) is 3.89. The Hall–Kier alpha value is -3.03. The second-order valence-corrected chi connectivity index (χ2v) is 6.61. The van der Waals surface area contributed by atoms with Crippen LogP contribution in [0.15, 0.2) is 29.8 Å². The molecule has 0 saturated carbocycles. The number of ether oxygens (including phenoxy) is 1. The summed E-state index contributed by atoms with van der Waals surface area (Å²) in [4.78, 5) is 40.3. The highest BCUT2D eigenvalue weighted by Crippen LogP contribution is 2.27. The molecule has 1 atom stereocenters. The fraction of sp³-hybridized carbons (Fsp3) is 0.421. The molecule has 0 bridgehead atoms. The van der Waals surface area contributed by atoms with Crippen molar-refractivity contribution in [2.45, 2.75) is 19.9 Å². The van der Waals surface area contributed by atoms with Gasteiger partial charge in [0.2, 0.25) is 0 Å². The third-order valence-electron chi connectivity index (χ3n) is 4.81. The maximum Gasteiger partial charge on any atom is 0.407 e. The molecule has 2 fully saturated rings. The molecule has 1 N–H and O–H groups in total. The number of fused-ring (bicyclic) bond motifs is 1. The zero-order valence-corrected chi connectivity index (χ0v) is 15.4.